The van der Waals surface area contributed by atoms with Crippen LogP contribution in [0.1, 0.15) is 67.5 Å². The van der Waals surface area contributed by atoms with E-state index in [9.17, 15) is 22.4 Å². The minimum atomic E-state index is -4.58. The van der Waals surface area contributed by atoms with Gasteiger partial charge in [0.05, 0.1) is 5.69 Å². The summed E-state index contributed by atoms with van der Waals surface area (Å²) in [6.45, 7) is 4.08. The molecule has 174 valence electrons. The Bertz CT molecular complexity index is 1230. The van der Waals surface area contributed by atoms with E-state index < -0.39 is 24.1 Å². The first-order valence-corrected chi connectivity index (χ1v) is 11.0. The van der Waals surface area contributed by atoms with E-state index in [1.165, 1.54) is 29.8 Å². The molecule has 0 bridgehead atoms. The number of benzene rings is 1. The van der Waals surface area contributed by atoms with E-state index in [2.05, 4.69) is 10.1 Å². The minimum Gasteiger partial charge on any atom is -0.330 e. The quantitative estimate of drug-likeness (QED) is 0.506. The summed E-state index contributed by atoms with van der Waals surface area (Å²) in [5.41, 5.74) is 2.71. The van der Waals surface area contributed by atoms with Gasteiger partial charge in [-0.25, -0.2) is 9.50 Å². The second-order valence-corrected chi connectivity index (χ2v) is 9.77. The van der Waals surface area contributed by atoms with Crippen LogP contribution in [-0.2, 0) is 10.2 Å². The Hall–Kier alpha value is -2.97. The van der Waals surface area contributed by atoms with Gasteiger partial charge in [-0.2, -0.15) is 17.6 Å². The van der Waals surface area contributed by atoms with Crippen LogP contribution in [0.2, 0.25) is 0 Å². The van der Waals surface area contributed by atoms with E-state index in [4.69, 9.17) is 0 Å². The SMILES string of the molecule is CN(C(=O)C1CC1)[C@H](c1ccc([C@H]2CC(C)(C)c3c2cnc2cc(F)nn32)cc1)C(F)(F)F. The Labute approximate surface area is 188 Å². The van der Waals surface area contributed by atoms with Crippen LogP contribution < -0.4 is 0 Å². The molecule has 0 aliphatic heterocycles. The molecule has 2 heterocycles. The lowest BCUT2D eigenvalue weighted by Gasteiger charge is -2.30. The van der Waals surface area contributed by atoms with Crippen LogP contribution in [0.25, 0.3) is 5.65 Å². The number of carbonyl (C=O) groups excluding carboxylic acids is 1. The highest BCUT2D eigenvalue weighted by atomic mass is 19.4. The first-order valence-electron chi connectivity index (χ1n) is 11.0. The zero-order chi connectivity index (χ0) is 23.7. The molecule has 0 spiro atoms. The number of nitrogens with zero attached hydrogens (tertiary/aromatic N) is 4. The fraction of sp³-hybridized carbons (Fsp3) is 0.458. The van der Waals surface area contributed by atoms with Gasteiger partial charge in [-0.3, -0.25) is 4.79 Å². The minimum absolute atomic E-state index is 0.0305. The third-order valence-corrected chi connectivity index (χ3v) is 6.84. The van der Waals surface area contributed by atoms with Gasteiger partial charge in [0, 0.05) is 42.1 Å². The maximum absolute atomic E-state index is 13.9. The van der Waals surface area contributed by atoms with Gasteiger partial charge < -0.3 is 4.90 Å². The highest BCUT2D eigenvalue weighted by Crippen LogP contribution is 2.49. The molecule has 1 amide bonds. The summed E-state index contributed by atoms with van der Waals surface area (Å²) in [6.07, 6.45) is -0.898. The van der Waals surface area contributed by atoms with Crippen molar-refractivity contribution < 1.29 is 22.4 Å². The summed E-state index contributed by atoms with van der Waals surface area (Å²) in [5, 5.41) is 3.95. The fourth-order valence-corrected chi connectivity index (χ4v) is 5.15. The number of rotatable bonds is 4. The molecular formula is C24H24F4N4O. The van der Waals surface area contributed by atoms with E-state index in [1.807, 2.05) is 13.8 Å². The zero-order valence-corrected chi connectivity index (χ0v) is 18.5. The molecule has 3 aromatic rings. The topological polar surface area (TPSA) is 50.5 Å². The number of hydrogen-bond donors (Lipinski definition) is 0. The van der Waals surface area contributed by atoms with Gasteiger partial charge in [0.2, 0.25) is 11.9 Å². The van der Waals surface area contributed by atoms with Gasteiger partial charge in [0.25, 0.3) is 0 Å². The average Bonchev–Trinajstić information content (AvgIpc) is 3.45. The summed E-state index contributed by atoms with van der Waals surface area (Å²) < 4.78 is 57.0. The second-order valence-electron chi connectivity index (χ2n) is 9.77. The smallest absolute Gasteiger partial charge is 0.330 e. The largest absolute Gasteiger partial charge is 0.413 e. The summed E-state index contributed by atoms with van der Waals surface area (Å²) in [4.78, 5) is 17.5. The van der Waals surface area contributed by atoms with Crippen molar-refractivity contribution in [3.05, 3.63) is 64.9 Å². The molecule has 0 saturated heterocycles. The van der Waals surface area contributed by atoms with E-state index in [1.54, 1.807) is 18.3 Å². The molecule has 2 atom stereocenters. The van der Waals surface area contributed by atoms with Gasteiger partial charge in [0.15, 0.2) is 11.7 Å². The Morgan fingerprint density at radius 2 is 1.88 bits per heavy atom. The highest BCUT2D eigenvalue weighted by molar-refractivity contribution is 5.81. The number of halogens is 4. The second kappa shape index (κ2) is 7.27. The molecule has 5 nitrogen and oxygen atoms in total. The third kappa shape index (κ3) is 3.67. The van der Waals surface area contributed by atoms with Crippen LogP contribution in [0, 0.1) is 11.9 Å². The zero-order valence-electron chi connectivity index (χ0n) is 18.5. The van der Waals surface area contributed by atoms with Crippen molar-refractivity contribution >= 4 is 11.6 Å². The predicted octanol–water partition coefficient (Wildman–Crippen LogP) is 5.15. The van der Waals surface area contributed by atoms with E-state index in [-0.39, 0.29) is 22.8 Å². The molecule has 9 heteroatoms. The van der Waals surface area contributed by atoms with Crippen molar-refractivity contribution in [2.24, 2.45) is 5.92 Å². The summed E-state index contributed by atoms with van der Waals surface area (Å²) >= 11 is 0. The van der Waals surface area contributed by atoms with Crippen LogP contribution >= 0.6 is 0 Å². The van der Waals surface area contributed by atoms with Crippen LogP contribution in [-0.4, -0.2) is 38.6 Å². The first-order chi connectivity index (χ1) is 15.5. The molecule has 1 aromatic carbocycles. The van der Waals surface area contributed by atoms with Crippen molar-refractivity contribution in [1.82, 2.24) is 19.5 Å². The highest BCUT2D eigenvalue weighted by Gasteiger charge is 2.48. The van der Waals surface area contributed by atoms with Gasteiger partial charge in [-0.1, -0.05) is 38.1 Å². The Kier molecular flexibility index (Phi) is 4.81. The van der Waals surface area contributed by atoms with E-state index >= 15 is 0 Å². The molecule has 0 radical (unpaired) electrons. The molecule has 2 aliphatic carbocycles. The molecule has 5 rings (SSSR count). The Morgan fingerprint density at radius 1 is 1.21 bits per heavy atom. The fourth-order valence-electron chi connectivity index (χ4n) is 5.15. The molecule has 2 aliphatic rings. The molecule has 1 fully saturated rings. The number of alkyl halides is 3. The number of hydrogen-bond acceptors (Lipinski definition) is 3. The van der Waals surface area contributed by atoms with Crippen molar-refractivity contribution in [1.29, 1.82) is 0 Å². The van der Waals surface area contributed by atoms with Crippen LogP contribution in [0.5, 0.6) is 0 Å². The van der Waals surface area contributed by atoms with Gasteiger partial charge in [0.1, 0.15) is 0 Å². The van der Waals surface area contributed by atoms with Gasteiger partial charge in [-0.15, -0.1) is 5.10 Å². The van der Waals surface area contributed by atoms with Crippen molar-refractivity contribution in [2.45, 2.75) is 56.7 Å². The van der Waals surface area contributed by atoms with Crippen LogP contribution in [0.4, 0.5) is 17.6 Å². The van der Waals surface area contributed by atoms with Gasteiger partial charge in [-0.05, 0) is 30.4 Å². The molecule has 2 aromatic heterocycles. The first kappa shape index (κ1) is 21.9. The Morgan fingerprint density at radius 3 is 2.48 bits per heavy atom. The number of fused-ring (bicyclic) bond motifs is 3. The monoisotopic (exact) mass is 460 g/mol. The summed E-state index contributed by atoms with van der Waals surface area (Å²) in [5.74, 6) is -1.48. The van der Waals surface area contributed by atoms with Crippen LogP contribution in [0.15, 0.2) is 36.5 Å². The number of carbonyl (C=O) groups is 1. The standard InChI is InChI=1S/C24H24F4N4O/c1-23(2)11-16(17-12-29-19-10-18(25)30-32(19)21(17)23)13-4-6-14(7-5-13)20(24(26,27)28)31(3)22(33)15-8-9-15/h4-7,10,12,15-16,20H,8-9,11H2,1-3H3/t16-,20-/m1/s1. The number of amides is 1. The van der Waals surface area contributed by atoms with Crippen molar-refractivity contribution in [2.75, 3.05) is 7.05 Å². The van der Waals surface area contributed by atoms with E-state index in [0.717, 1.165) is 21.7 Å². The predicted molar refractivity (Wildman–Crippen MR) is 113 cm³/mol. The van der Waals surface area contributed by atoms with Crippen LogP contribution in [0.3, 0.4) is 0 Å². The maximum atomic E-state index is 13.9. The lowest BCUT2D eigenvalue weighted by atomic mass is 9.86. The molecular weight excluding hydrogens is 436 g/mol. The van der Waals surface area contributed by atoms with E-state index in [0.29, 0.717) is 24.9 Å². The van der Waals surface area contributed by atoms with Crippen molar-refractivity contribution in [3.63, 3.8) is 0 Å². The van der Waals surface area contributed by atoms with Gasteiger partial charge >= 0.3 is 6.18 Å². The lowest BCUT2D eigenvalue weighted by Crippen LogP contribution is -2.40. The van der Waals surface area contributed by atoms with Crippen molar-refractivity contribution in [3.8, 4) is 0 Å². The maximum Gasteiger partial charge on any atom is 0.413 e. The molecule has 33 heavy (non-hydrogen) atoms. The number of aromatic nitrogens is 3. The summed E-state index contributed by atoms with van der Waals surface area (Å²) in [7, 11) is 1.22. The third-order valence-electron chi connectivity index (χ3n) is 6.84. The molecule has 1 saturated carbocycles. The lowest BCUT2D eigenvalue weighted by molar-refractivity contribution is -0.189. The normalized spacial score (nSPS) is 20.6. The Balaban J connectivity index is 1.50. The molecule has 0 N–H and O–H groups in total. The average molecular weight is 460 g/mol. The summed E-state index contributed by atoms with van der Waals surface area (Å²) in [6, 6.07) is 5.57. The molecule has 0 unspecified atom stereocenters.